The Hall–Kier alpha value is -6.88. The minimum absolute atomic E-state index is 0.0218. The lowest BCUT2D eigenvalue weighted by atomic mass is 9.67. The van der Waals surface area contributed by atoms with Crippen molar-refractivity contribution in [3.63, 3.8) is 0 Å². The summed E-state index contributed by atoms with van der Waals surface area (Å²) in [4.78, 5) is 0. The van der Waals surface area contributed by atoms with Crippen LogP contribution in [0, 0.1) is 0 Å². The molecule has 4 heteroatoms. The molecule has 268 valence electrons. The zero-order chi connectivity index (χ0) is 37.1. The molecule has 0 radical (unpaired) electrons. The highest BCUT2D eigenvalue weighted by Crippen LogP contribution is 2.61. The van der Waals surface area contributed by atoms with E-state index in [1.807, 2.05) is 0 Å². The number of benzene rings is 7. The Morgan fingerprint density at radius 3 is 1.84 bits per heavy atom. The molecule has 1 aliphatic carbocycles. The van der Waals surface area contributed by atoms with Crippen LogP contribution in [0.25, 0.3) is 33.5 Å². The lowest BCUT2D eigenvalue weighted by molar-refractivity contribution is 0.429. The van der Waals surface area contributed by atoms with Crippen molar-refractivity contribution in [2.45, 2.75) is 17.6 Å². The summed E-state index contributed by atoms with van der Waals surface area (Å²) in [6.45, 7) is 0.792. The molecule has 7 aromatic carbocycles. The van der Waals surface area contributed by atoms with Gasteiger partial charge in [0.2, 0.25) is 0 Å². The molecule has 3 heterocycles. The Labute approximate surface area is 327 Å². The molecule has 1 spiro atoms. The van der Waals surface area contributed by atoms with Crippen LogP contribution in [0.3, 0.4) is 0 Å². The van der Waals surface area contributed by atoms with Gasteiger partial charge in [-0.15, -0.1) is 0 Å². The molecule has 0 saturated heterocycles. The summed E-state index contributed by atoms with van der Waals surface area (Å²) in [5, 5.41) is 11.4. The quantitative estimate of drug-likeness (QED) is 0.166. The van der Waals surface area contributed by atoms with Gasteiger partial charge in [0.05, 0.1) is 11.5 Å². The maximum atomic E-state index is 6.55. The summed E-state index contributed by atoms with van der Waals surface area (Å²) >= 11 is 0. The highest BCUT2D eigenvalue weighted by molar-refractivity contribution is 5.93. The Morgan fingerprint density at radius 1 is 0.518 bits per heavy atom. The third-order valence-corrected chi connectivity index (χ3v) is 11.8. The molecule has 4 nitrogen and oxygen atoms in total. The maximum absolute atomic E-state index is 6.55. The monoisotopic (exact) mass is 721 g/mol. The predicted octanol–water partition coefficient (Wildman–Crippen LogP) is 11.3. The van der Waals surface area contributed by atoms with Crippen LogP contribution >= 0.6 is 0 Å². The number of hydrogen-bond acceptors (Lipinski definition) is 4. The summed E-state index contributed by atoms with van der Waals surface area (Å²) < 4.78 is 6.55. The summed E-state index contributed by atoms with van der Waals surface area (Å²) in [7, 11) is 0. The largest absolute Gasteiger partial charge is 0.457 e. The van der Waals surface area contributed by atoms with Gasteiger partial charge in [-0.1, -0.05) is 164 Å². The molecule has 0 fully saturated rings. The van der Waals surface area contributed by atoms with Crippen molar-refractivity contribution in [3.8, 4) is 33.8 Å². The van der Waals surface area contributed by atoms with Gasteiger partial charge >= 0.3 is 0 Å². The van der Waals surface area contributed by atoms with E-state index >= 15 is 0 Å². The van der Waals surface area contributed by atoms with Crippen LogP contribution in [0.15, 0.2) is 200 Å². The molecular weight excluding hydrogens is 683 g/mol. The molecule has 0 aromatic heterocycles. The number of nitrogens with one attached hydrogen (secondary N) is 3. The Bertz CT molecular complexity index is 2680. The molecule has 11 rings (SSSR count). The second-order valence-corrected chi connectivity index (χ2v) is 15.0. The van der Waals surface area contributed by atoms with E-state index < -0.39 is 5.41 Å². The molecule has 56 heavy (non-hydrogen) atoms. The van der Waals surface area contributed by atoms with Crippen molar-refractivity contribution in [1.29, 1.82) is 0 Å². The van der Waals surface area contributed by atoms with Gasteiger partial charge in [0.25, 0.3) is 0 Å². The summed E-state index contributed by atoms with van der Waals surface area (Å²) in [5.41, 5.74) is 16.3. The Balaban J connectivity index is 0.957. The number of dihydropyridines is 1. The summed E-state index contributed by atoms with van der Waals surface area (Å²) in [6.07, 6.45) is 6.81. The zero-order valence-electron chi connectivity index (χ0n) is 30.7. The van der Waals surface area contributed by atoms with Crippen LogP contribution in [-0.4, -0.2) is 6.54 Å². The molecule has 3 N–H and O–H groups in total. The van der Waals surface area contributed by atoms with Crippen LogP contribution in [0.5, 0.6) is 11.5 Å². The first-order valence-electron chi connectivity index (χ1n) is 19.5. The summed E-state index contributed by atoms with van der Waals surface area (Å²) in [5.74, 6) is 1.81. The van der Waals surface area contributed by atoms with Crippen molar-refractivity contribution >= 4 is 11.3 Å². The van der Waals surface area contributed by atoms with Crippen molar-refractivity contribution in [1.82, 2.24) is 16.0 Å². The number of hydrogen-bond donors (Lipinski definition) is 3. The van der Waals surface area contributed by atoms with Gasteiger partial charge in [-0.05, 0) is 80.4 Å². The van der Waals surface area contributed by atoms with Crippen molar-refractivity contribution in [2.24, 2.45) is 0 Å². The number of fused-ring (bicyclic) bond motifs is 8. The minimum Gasteiger partial charge on any atom is -0.457 e. The molecule has 0 amide bonds. The van der Waals surface area contributed by atoms with Crippen LogP contribution in [0.1, 0.15) is 51.2 Å². The number of allylic oxidation sites excluding steroid dienone is 3. The van der Waals surface area contributed by atoms with Gasteiger partial charge in [0, 0.05) is 34.6 Å². The SMILES string of the molecule is C1=CC2=C(NC1)C1(c3ccccc3Oc3ccccc31)c1cc(-c3ccc(-c4cccc(C5=CC(c6ccccc6)NC(c6ccccc6)N5)c4)cc3)ccc12. The standard InChI is InChI=1S/C52H39N3O/c1-3-13-36(14-4-1)46-33-47(55-51(54-46)37-15-5-2-6-16-37)40-18-11-17-38(31-40)34-24-26-35(27-25-34)39-28-29-41-42-19-12-30-53-50(42)52(45(41)32-39)43-20-7-9-22-48(43)56-49-23-10-8-21-44(49)52/h1-29,31-33,46,51,53-55H,30H2. The van der Waals surface area contributed by atoms with Gasteiger partial charge in [0.1, 0.15) is 17.7 Å². The lowest BCUT2D eigenvalue weighted by Crippen LogP contribution is -2.39. The van der Waals surface area contributed by atoms with E-state index in [1.165, 1.54) is 66.9 Å². The average Bonchev–Trinajstić information content (AvgIpc) is 3.57. The first-order chi connectivity index (χ1) is 27.7. The van der Waals surface area contributed by atoms with E-state index in [0.717, 1.165) is 29.3 Å². The van der Waals surface area contributed by atoms with Gasteiger partial charge in [-0.2, -0.15) is 0 Å². The van der Waals surface area contributed by atoms with E-state index in [9.17, 15) is 0 Å². The van der Waals surface area contributed by atoms with E-state index in [1.54, 1.807) is 0 Å². The number of ether oxygens (including phenoxy) is 1. The normalized spacial score (nSPS) is 18.4. The fourth-order valence-corrected chi connectivity index (χ4v) is 9.25. The van der Waals surface area contributed by atoms with Crippen molar-refractivity contribution < 1.29 is 4.74 Å². The third kappa shape index (κ3) is 5.18. The Kier molecular flexibility index (Phi) is 7.64. The van der Waals surface area contributed by atoms with E-state index in [2.05, 4.69) is 210 Å². The van der Waals surface area contributed by atoms with Gasteiger partial charge < -0.3 is 15.4 Å². The predicted molar refractivity (Wildman–Crippen MR) is 227 cm³/mol. The van der Waals surface area contributed by atoms with E-state index in [-0.39, 0.29) is 12.2 Å². The highest BCUT2D eigenvalue weighted by Gasteiger charge is 2.52. The second-order valence-electron chi connectivity index (χ2n) is 15.0. The van der Waals surface area contributed by atoms with E-state index in [0.29, 0.717) is 0 Å². The molecule has 0 saturated carbocycles. The van der Waals surface area contributed by atoms with Crippen LogP contribution in [0.2, 0.25) is 0 Å². The van der Waals surface area contributed by atoms with E-state index in [4.69, 9.17) is 4.74 Å². The number of para-hydroxylation sites is 2. The fourth-order valence-electron chi connectivity index (χ4n) is 9.25. The first-order valence-corrected chi connectivity index (χ1v) is 19.5. The lowest BCUT2D eigenvalue weighted by Gasteiger charge is -2.41. The molecule has 7 aromatic rings. The Morgan fingerprint density at radius 2 is 1.12 bits per heavy atom. The first kappa shape index (κ1) is 32.5. The molecule has 4 aliphatic rings. The summed E-state index contributed by atoms with van der Waals surface area (Å²) in [6, 6.07) is 63.4. The van der Waals surface area contributed by atoms with Crippen LogP contribution < -0.4 is 20.7 Å². The van der Waals surface area contributed by atoms with Crippen molar-refractivity contribution in [3.05, 3.63) is 239 Å². The van der Waals surface area contributed by atoms with Gasteiger partial charge in [-0.3, -0.25) is 5.32 Å². The minimum atomic E-state index is -0.506. The zero-order valence-corrected chi connectivity index (χ0v) is 30.7. The molecule has 0 bridgehead atoms. The molecule has 2 unspecified atom stereocenters. The number of rotatable bonds is 5. The maximum Gasteiger partial charge on any atom is 0.132 e. The molecular formula is C52H39N3O. The smallest absolute Gasteiger partial charge is 0.132 e. The van der Waals surface area contributed by atoms with Crippen molar-refractivity contribution in [2.75, 3.05) is 6.54 Å². The van der Waals surface area contributed by atoms with Gasteiger partial charge in [-0.25, -0.2) is 0 Å². The van der Waals surface area contributed by atoms with Crippen LogP contribution in [0.4, 0.5) is 0 Å². The third-order valence-electron chi connectivity index (χ3n) is 11.8. The fraction of sp³-hybridized carbons (Fsp3) is 0.0769. The highest BCUT2D eigenvalue weighted by atomic mass is 16.5. The topological polar surface area (TPSA) is 45.3 Å². The average molecular weight is 722 g/mol. The molecule has 3 aliphatic heterocycles. The second kappa shape index (κ2) is 13.2. The molecule has 2 atom stereocenters. The van der Waals surface area contributed by atoms with Gasteiger partial charge in [0.15, 0.2) is 0 Å². The van der Waals surface area contributed by atoms with Crippen LogP contribution in [-0.2, 0) is 5.41 Å².